The quantitative estimate of drug-likeness (QED) is 0.724. The summed E-state index contributed by atoms with van der Waals surface area (Å²) in [5, 5.41) is 4.01. The summed E-state index contributed by atoms with van der Waals surface area (Å²) in [5.41, 5.74) is 2.01. The van der Waals surface area contributed by atoms with E-state index in [1.807, 2.05) is 13.0 Å². The highest BCUT2D eigenvalue weighted by molar-refractivity contribution is 6.38. The van der Waals surface area contributed by atoms with Crippen LogP contribution < -0.4 is 10.2 Å². The first-order valence-corrected chi connectivity index (χ1v) is 9.48. The molecule has 1 aromatic heterocycles. The summed E-state index contributed by atoms with van der Waals surface area (Å²) in [6.07, 6.45) is 1.68. The van der Waals surface area contributed by atoms with Gasteiger partial charge in [-0.1, -0.05) is 40.9 Å². The Morgan fingerprint density at radius 2 is 1.85 bits per heavy atom. The van der Waals surface area contributed by atoms with Crippen LogP contribution in [0.2, 0.25) is 15.1 Å². The average molecular weight is 432 g/mol. The molecule has 5 nitrogen and oxygen atoms in total. The lowest BCUT2D eigenvalue weighted by Crippen LogP contribution is -2.39. The highest BCUT2D eigenvalue weighted by Gasteiger charge is 2.27. The first-order chi connectivity index (χ1) is 12.8. The number of carbonyl (C=O) groups is 1. The predicted octanol–water partition coefficient (Wildman–Crippen LogP) is 5.04. The topological polar surface area (TPSA) is 48.5 Å². The Morgan fingerprint density at radius 1 is 1.15 bits per heavy atom. The van der Waals surface area contributed by atoms with Gasteiger partial charge in [0.15, 0.2) is 0 Å². The normalized spacial score (nSPS) is 17.6. The molecule has 0 bridgehead atoms. The van der Waals surface area contributed by atoms with E-state index in [1.165, 1.54) is 17.3 Å². The molecule has 3 rings (SSSR count). The Morgan fingerprint density at radius 3 is 2.52 bits per heavy atom. The summed E-state index contributed by atoms with van der Waals surface area (Å²) in [5.74, 6) is 0. The second kappa shape index (κ2) is 8.50. The van der Waals surface area contributed by atoms with Crippen molar-refractivity contribution >= 4 is 52.2 Å². The highest BCUT2D eigenvalue weighted by Crippen LogP contribution is 2.33. The predicted molar refractivity (Wildman–Crippen MR) is 108 cm³/mol. The second-order valence-electron chi connectivity index (χ2n) is 6.34. The lowest BCUT2D eigenvalue weighted by Gasteiger charge is -2.25. The number of anilines is 2. The molecule has 0 saturated carbocycles. The van der Waals surface area contributed by atoms with Crippen LogP contribution in [-0.2, 0) is 0 Å². The number of alkyl halides is 1. The third kappa shape index (κ3) is 4.75. The number of nitrogens with zero attached hydrogens (tertiary/aromatic N) is 3. The Kier molecular flexibility index (Phi) is 6.29. The van der Waals surface area contributed by atoms with Gasteiger partial charge >= 0.3 is 6.03 Å². The van der Waals surface area contributed by atoms with Gasteiger partial charge in [-0.15, -0.1) is 0 Å². The first kappa shape index (κ1) is 20.0. The van der Waals surface area contributed by atoms with Crippen LogP contribution in [0, 0.1) is 6.92 Å². The first-order valence-electron chi connectivity index (χ1n) is 8.35. The summed E-state index contributed by atoms with van der Waals surface area (Å²) >= 11 is 18.4. The van der Waals surface area contributed by atoms with Gasteiger partial charge in [-0.3, -0.25) is 4.98 Å². The molecule has 2 heterocycles. The summed E-state index contributed by atoms with van der Waals surface area (Å²) in [6.45, 7) is 2.65. The van der Waals surface area contributed by atoms with Crippen LogP contribution in [-0.4, -0.2) is 48.3 Å². The van der Waals surface area contributed by atoms with Crippen molar-refractivity contribution in [1.29, 1.82) is 0 Å². The Labute approximate surface area is 172 Å². The van der Waals surface area contributed by atoms with Crippen LogP contribution in [0.4, 0.5) is 20.6 Å². The summed E-state index contributed by atoms with van der Waals surface area (Å²) < 4.78 is 14.5. The Balaban J connectivity index is 1.72. The number of pyridine rings is 1. The van der Waals surface area contributed by atoms with Gasteiger partial charge < -0.3 is 15.1 Å². The van der Waals surface area contributed by atoms with E-state index in [0.29, 0.717) is 39.5 Å². The van der Waals surface area contributed by atoms with Crippen LogP contribution in [0.15, 0.2) is 30.6 Å². The van der Waals surface area contributed by atoms with Crippen LogP contribution >= 0.6 is 34.8 Å². The third-order valence-corrected chi connectivity index (χ3v) is 5.29. The molecule has 1 aromatic carbocycles. The van der Waals surface area contributed by atoms with E-state index in [4.69, 9.17) is 34.8 Å². The smallest absolute Gasteiger partial charge is 0.322 e. The SMILES string of the molecule is Cc1ccc(NC(=O)N2CCN(c3c(Cl)cncc3Cl)CC(F)C2)cc1Cl. The molecule has 1 aliphatic rings. The molecule has 27 heavy (non-hydrogen) atoms. The van der Waals surface area contributed by atoms with E-state index in [-0.39, 0.29) is 19.1 Å². The number of hydrogen-bond acceptors (Lipinski definition) is 3. The summed E-state index contributed by atoms with van der Waals surface area (Å²) in [4.78, 5) is 19.7. The standard InChI is InChI=1S/C18H18Cl3FN4O/c1-11-2-3-13(6-14(11)19)24-18(27)26-5-4-25(9-12(22)10-26)17-15(20)7-23-8-16(17)21/h2-3,6-8,12H,4-5,9-10H2,1H3,(H,24,27). The number of benzene rings is 1. The third-order valence-electron chi connectivity index (χ3n) is 4.33. The van der Waals surface area contributed by atoms with Gasteiger partial charge in [0.25, 0.3) is 0 Å². The maximum atomic E-state index is 14.5. The fourth-order valence-corrected chi connectivity index (χ4v) is 3.71. The lowest BCUT2D eigenvalue weighted by atomic mass is 10.2. The average Bonchev–Trinajstić information content (AvgIpc) is 2.80. The van der Waals surface area contributed by atoms with Crippen LogP contribution in [0.3, 0.4) is 0 Å². The zero-order valence-electron chi connectivity index (χ0n) is 14.6. The number of hydrogen-bond donors (Lipinski definition) is 1. The second-order valence-corrected chi connectivity index (χ2v) is 7.56. The largest absolute Gasteiger partial charge is 0.364 e. The van der Waals surface area contributed by atoms with E-state index in [1.54, 1.807) is 17.0 Å². The molecule has 1 atom stereocenters. The molecule has 9 heteroatoms. The van der Waals surface area contributed by atoms with Crippen LogP contribution in [0.5, 0.6) is 0 Å². The molecular formula is C18H18Cl3FN4O. The number of halogens is 4. The van der Waals surface area contributed by atoms with Crippen molar-refractivity contribution in [3.8, 4) is 0 Å². The van der Waals surface area contributed by atoms with E-state index >= 15 is 0 Å². The van der Waals surface area contributed by atoms with Gasteiger partial charge in [0.2, 0.25) is 0 Å². The molecule has 2 aromatic rings. The molecule has 0 spiro atoms. The number of aryl methyl sites for hydroxylation is 1. The Bertz CT molecular complexity index is 831. The minimum atomic E-state index is -1.25. The van der Waals surface area contributed by atoms with Crippen molar-refractivity contribution in [1.82, 2.24) is 9.88 Å². The molecule has 1 saturated heterocycles. The summed E-state index contributed by atoms with van der Waals surface area (Å²) in [6, 6.07) is 4.86. The Hall–Kier alpha value is -1.76. The molecule has 0 aliphatic carbocycles. The van der Waals surface area contributed by atoms with Crippen LogP contribution in [0.1, 0.15) is 5.56 Å². The maximum Gasteiger partial charge on any atom is 0.322 e. The molecule has 1 fully saturated rings. The van der Waals surface area contributed by atoms with Crippen molar-refractivity contribution in [3.63, 3.8) is 0 Å². The van der Waals surface area contributed by atoms with E-state index in [0.717, 1.165) is 5.56 Å². The lowest BCUT2D eigenvalue weighted by molar-refractivity contribution is 0.197. The van der Waals surface area contributed by atoms with Crippen molar-refractivity contribution in [2.75, 3.05) is 36.4 Å². The minimum absolute atomic E-state index is 0.0255. The van der Waals surface area contributed by atoms with Gasteiger partial charge in [-0.05, 0) is 24.6 Å². The van der Waals surface area contributed by atoms with E-state index in [9.17, 15) is 9.18 Å². The van der Waals surface area contributed by atoms with Gasteiger partial charge in [-0.2, -0.15) is 0 Å². The minimum Gasteiger partial charge on any atom is -0.364 e. The monoisotopic (exact) mass is 430 g/mol. The van der Waals surface area contributed by atoms with Gasteiger partial charge in [0.05, 0.1) is 28.8 Å². The number of amides is 2. The zero-order valence-corrected chi connectivity index (χ0v) is 16.8. The van der Waals surface area contributed by atoms with Gasteiger partial charge in [0.1, 0.15) is 6.17 Å². The van der Waals surface area contributed by atoms with Gasteiger partial charge in [-0.25, -0.2) is 9.18 Å². The van der Waals surface area contributed by atoms with Crippen molar-refractivity contribution in [3.05, 3.63) is 51.2 Å². The molecule has 2 amide bonds. The fourth-order valence-electron chi connectivity index (χ4n) is 2.93. The maximum absolute atomic E-state index is 14.5. The van der Waals surface area contributed by atoms with Crippen molar-refractivity contribution in [2.24, 2.45) is 0 Å². The molecule has 1 aliphatic heterocycles. The zero-order chi connectivity index (χ0) is 19.6. The molecule has 1 unspecified atom stereocenters. The van der Waals surface area contributed by atoms with E-state index < -0.39 is 6.17 Å². The molecule has 1 N–H and O–H groups in total. The molecule has 0 radical (unpaired) electrons. The van der Waals surface area contributed by atoms with Gasteiger partial charge in [0, 0.05) is 36.2 Å². The van der Waals surface area contributed by atoms with Crippen molar-refractivity contribution in [2.45, 2.75) is 13.1 Å². The summed E-state index contributed by atoms with van der Waals surface area (Å²) in [7, 11) is 0. The number of rotatable bonds is 2. The number of urea groups is 1. The molecule has 144 valence electrons. The molecular weight excluding hydrogens is 414 g/mol. The van der Waals surface area contributed by atoms with E-state index in [2.05, 4.69) is 10.3 Å². The number of carbonyl (C=O) groups excluding carboxylic acids is 1. The fraction of sp³-hybridized carbons (Fsp3) is 0.333. The van der Waals surface area contributed by atoms with Crippen LogP contribution in [0.25, 0.3) is 0 Å². The number of aromatic nitrogens is 1. The highest BCUT2D eigenvalue weighted by atomic mass is 35.5. The number of nitrogens with one attached hydrogen (secondary N) is 1. The van der Waals surface area contributed by atoms with Crippen molar-refractivity contribution < 1.29 is 9.18 Å².